The van der Waals surface area contributed by atoms with Crippen LogP contribution >= 0.6 is 0 Å². The molecule has 0 saturated heterocycles. The summed E-state index contributed by atoms with van der Waals surface area (Å²) in [4.78, 5) is 5.34. The lowest BCUT2D eigenvalue weighted by Crippen LogP contribution is -2.57. The van der Waals surface area contributed by atoms with E-state index in [2.05, 4.69) is 211 Å². The number of furan rings is 1. The van der Waals surface area contributed by atoms with Crippen molar-refractivity contribution in [2.75, 3.05) is 9.80 Å². The molecule has 4 aliphatic carbocycles. The zero-order valence-electron chi connectivity index (χ0n) is 45.4. The zero-order chi connectivity index (χ0) is 49.9. The maximum atomic E-state index is 7.89. The molecule has 5 aromatic carbocycles. The molecular weight excluding hydrogens is 864 g/mol. The number of hydrogen-bond acceptors (Lipinski definition) is 4. The number of ether oxygens (including phenoxy) is 1. The lowest BCUT2D eigenvalue weighted by atomic mass is 9.35. The van der Waals surface area contributed by atoms with Crippen molar-refractivity contribution in [2.24, 2.45) is 16.7 Å². The fraction of sp³-hybridized carbons (Fsp3) is 0.455. The molecule has 3 aliphatic heterocycles. The van der Waals surface area contributed by atoms with Gasteiger partial charge in [0, 0.05) is 33.5 Å². The number of anilines is 5. The fourth-order valence-electron chi connectivity index (χ4n) is 14.6. The highest BCUT2D eigenvalue weighted by molar-refractivity contribution is 6.95. The second-order valence-electron chi connectivity index (χ2n) is 28.0. The van der Waals surface area contributed by atoms with Gasteiger partial charge in [0.15, 0.2) is 5.58 Å². The summed E-state index contributed by atoms with van der Waals surface area (Å²) in [6.45, 7) is 36.7. The first-order valence-electron chi connectivity index (χ1n) is 27.2. The zero-order valence-corrected chi connectivity index (χ0v) is 45.4. The lowest BCUT2D eigenvalue weighted by Gasteiger charge is -2.48. The van der Waals surface area contributed by atoms with Gasteiger partial charge in [-0.15, -0.1) is 0 Å². The molecule has 1 saturated carbocycles. The average Bonchev–Trinajstić information content (AvgIpc) is 3.88. The van der Waals surface area contributed by atoms with Gasteiger partial charge in [0.1, 0.15) is 11.7 Å². The lowest BCUT2D eigenvalue weighted by molar-refractivity contribution is 0.168. The van der Waals surface area contributed by atoms with Crippen molar-refractivity contribution in [2.45, 2.75) is 176 Å². The minimum absolute atomic E-state index is 0.00523. The minimum atomic E-state index is -0.153. The predicted molar refractivity (Wildman–Crippen MR) is 300 cm³/mol. The molecule has 0 spiro atoms. The Labute approximate surface area is 424 Å². The van der Waals surface area contributed by atoms with E-state index in [-0.39, 0.29) is 56.6 Å². The molecule has 0 amide bonds. The van der Waals surface area contributed by atoms with E-state index in [0.29, 0.717) is 0 Å². The molecule has 7 aliphatic rings. The van der Waals surface area contributed by atoms with Gasteiger partial charge >= 0.3 is 0 Å². The highest BCUT2D eigenvalue weighted by Crippen LogP contribution is 2.60. The van der Waals surface area contributed by atoms with E-state index in [9.17, 15) is 0 Å². The van der Waals surface area contributed by atoms with Crippen LogP contribution in [0.15, 0.2) is 124 Å². The molecule has 5 heteroatoms. The normalized spacial score (nSPS) is 24.5. The fourth-order valence-corrected chi connectivity index (χ4v) is 14.6. The number of nitrogens with zero attached hydrogens (tertiary/aromatic N) is 2. The number of fused-ring (bicyclic) bond motifs is 11. The SMILES string of the molecule is CC1(C)CCC(C)(C)C2=CC3C4=C(OC3C=C21)B1c2cc3c(cc2N(c2cccc5c2oc2ccccc25)c2cc(C(C)(C)C)cc(c21)N4c1ccc2c(c1)C(C)(C)CCC2(C)C)C(C)(C)CCC3(C)C. The molecule has 0 radical (unpaired) electrons. The van der Waals surface area contributed by atoms with Crippen LogP contribution in [0.3, 0.4) is 0 Å². The quantitative estimate of drug-likeness (QED) is 0.162. The average molecular weight is 939 g/mol. The van der Waals surface area contributed by atoms with Crippen molar-refractivity contribution < 1.29 is 9.15 Å². The van der Waals surface area contributed by atoms with Gasteiger partial charge < -0.3 is 19.0 Å². The minimum Gasteiger partial charge on any atom is -0.497 e. The first-order chi connectivity index (χ1) is 33.3. The van der Waals surface area contributed by atoms with Crippen molar-refractivity contribution in [3.63, 3.8) is 0 Å². The second-order valence-corrected chi connectivity index (χ2v) is 28.0. The predicted octanol–water partition coefficient (Wildman–Crippen LogP) is 16.6. The molecule has 4 nitrogen and oxygen atoms in total. The van der Waals surface area contributed by atoms with E-state index in [0.717, 1.165) is 52.5 Å². The number of benzene rings is 5. The summed E-state index contributed by atoms with van der Waals surface area (Å²) in [5, 5.41) is 2.29. The van der Waals surface area contributed by atoms with Crippen LogP contribution in [0.25, 0.3) is 21.9 Å². The Hall–Kier alpha value is -5.42. The maximum Gasteiger partial charge on any atom is 0.296 e. The van der Waals surface area contributed by atoms with Gasteiger partial charge in [-0.2, -0.15) is 0 Å². The molecule has 1 aromatic heterocycles. The second kappa shape index (κ2) is 14.2. The van der Waals surface area contributed by atoms with Crippen molar-refractivity contribution in [3.8, 4) is 0 Å². The first-order valence-corrected chi connectivity index (χ1v) is 27.2. The molecule has 4 heterocycles. The summed E-state index contributed by atoms with van der Waals surface area (Å²) >= 11 is 0. The summed E-state index contributed by atoms with van der Waals surface area (Å²) in [6, 6.07) is 33.3. The van der Waals surface area contributed by atoms with Crippen LogP contribution in [-0.2, 0) is 31.8 Å². The molecular formula is C66H75BN2O2. The number of rotatable bonds is 2. The van der Waals surface area contributed by atoms with E-state index in [1.807, 2.05) is 0 Å². The molecule has 364 valence electrons. The monoisotopic (exact) mass is 939 g/mol. The Morgan fingerprint density at radius 1 is 0.521 bits per heavy atom. The Kier molecular flexibility index (Phi) is 9.09. The molecule has 0 N–H and O–H groups in total. The summed E-state index contributed by atoms with van der Waals surface area (Å²) in [7, 11) is 0. The van der Waals surface area contributed by atoms with Gasteiger partial charge in [-0.25, -0.2) is 0 Å². The third-order valence-electron chi connectivity index (χ3n) is 19.5. The highest BCUT2D eigenvalue weighted by Gasteiger charge is 2.56. The van der Waals surface area contributed by atoms with Crippen LogP contribution in [-0.4, -0.2) is 12.8 Å². The van der Waals surface area contributed by atoms with Gasteiger partial charge in [-0.3, -0.25) is 0 Å². The van der Waals surface area contributed by atoms with Crippen LogP contribution in [0.5, 0.6) is 0 Å². The van der Waals surface area contributed by atoms with Crippen LogP contribution in [0.1, 0.15) is 170 Å². The molecule has 2 atom stereocenters. The van der Waals surface area contributed by atoms with Crippen LogP contribution in [0.4, 0.5) is 28.4 Å². The van der Waals surface area contributed by atoms with Gasteiger partial charge in [-0.1, -0.05) is 152 Å². The van der Waals surface area contributed by atoms with Crippen molar-refractivity contribution >= 4 is 68.0 Å². The molecule has 13 rings (SSSR count). The van der Waals surface area contributed by atoms with Crippen molar-refractivity contribution in [1.82, 2.24) is 0 Å². The Morgan fingerprint density at radius 3 is 1.75 bits per heavy atom. The Balaban J connectivity index is 1.17. The van der Waals surface area contributed by atoms with Crippen LogP contribution in [0.2, 0.25) is 0 Å². The number of para-hydroxylation sites is 2. The summed E-state index contributed by atoms with van der Waals surface area (Å²) in [5.41, 5.74) is 23.3. The number of hydrogen-bond donors (Lipinski definition) is 0. The Morgan fingerprint density at radius 2 is 1.08 bits per heavy atom. The molecule has 1 fully saturated rings. The molecule has 0 bridgehead atoms. The van der Waals surface area contributed by atoms with E-state index < -0.39 is 0 Å². The summed E-state index contributed by atoms with van der Waals surface area (Å²) in [6.07, 6.45) is 12.2. The molecule has 71 heavy (non-hydrogen) atoms. The summed E-state index contributed by atoms with van der Waals surface area (Å²) < 4.78 is 14.9. The van der Waals surface area contributed by atoms with Crippen molar-refractivity contribution in [3.05, 3.63) is 147 Å². The smallest absolute Gasteiger partial charge is 0.296 e. The van der Waals surface area contributed by atoms with E-state index >= 15 is 0 Å². The van der Waals surface area contributed by atoms with E-state index in [1.54, 1.807) is 0 Å². The van der Waals surface area contributed by atoms with Crippen molar-refractivity contribution in [1.29, 1.82) is 0 Å². The summed E-state index contributed by atoms with van der Waals surface area (Å²) in [5.74, 6) is 0.0473. The van der Waals surface area contributed by atoms with Gasteiger partial charge in [0.25, 0.3) is 6.71 Å². The van der Waals surface area contributed by atoms with Gasteiger partial charge in [-0.05, 0) is 175 Å². The highest BCUT2D eigenvalue weighted by atomic mass is 16.5. The number of allylic oxidation sites excluding steroid dienone is 2. The van der Waals surface area contributed by atoms with Gasteiger partial charge in [0.2, 0.25) is 0 Å². The van der Waals surface area contributed by atoms with E-state index in [4.69, 9.17) is 9.15 Å². The van der Waals surface area contributed by atoms with Gasteiger partial charge in [0.05, 0.1) is 23.0 Å². The van der Waals surface area contributed by atoms with Crippen LogP contribution in [0, 0.1) is 16.7 Å². The third kappa shape index (κ3) is 6.35. The topological polar surface area (TPSA) is 28.9 Å². The largest absolute Gasteiger partial charge is 0.497 e. The third-order valence-corrected chi connectivity index (χ3v) is 19.5. The maximum absolute atomic E-state index is 7.89. The molecule has 2 unspecified atom stereocenters. The van der Waals surface area contributed by atoms with E-state index in [1.165, 1.54) is 97.6 Å². The first kappa shape index (κ1) is 45.4. The van der Waals surface area contributed by atoms with Crippen LogP contribution < -0.4 is 20.7 Å². The Bertz CT molecular complexity index is 3430. The standard InChI is InChI=1S/C66H75BN2O2/c1-60(2,3)38-31-52-56-53(32-38)69(50-21-18-20-41-40-19-16-17-22-54(40)70-58(41)50)51-36-47-46(64(10,11)28-29-65(47,12)13)35-49(51)67(56)59-57(42-34-45-48(37-55(42)71-59)66(14,15)30-27-63(45,8)9)68(52)39-23-24-43-44(33-39)62(6,7)26-25-61(43,4)5/h16-24,31-37,42,55H,25-30H2,1-15H3. The molecule has 6 aromatic rings.